The lowest BCUT2D eigenvalue weighted by molar-refractivity contribution is -0.146. The summed E-state index contributed by atoms with van der Waals surface area (Å²) in [5.41, 5.74) is -1.09. The van der Waals surface area contributed by atoms with Crippen LogP contribution in [0.15, 0.2) is 36.4 Å². The number of alkyl halides is 2. The van der Waals surface area contributed by atoms with Gasteiger partial charge < -0.3 is 25.3 Å². The monoisotopic (exact) mass is 468 g/mol. The molecule has 3 N–H and O–H groups in total. The SMILES string of the molecule is COCC(=N)/C=C(\O)C(=O)Nc1c(-c2cc(F)ccc2F)ncnc1C1CCC(F)(F)CO1. The smallest absolute Gasteiger partial charge is 0.290 e. The van der Waals surface area contributed by atoms with Crippen molar-refractivity contribution in [1.82, 2.24) is 9.97 Å². The van der Waals surface area contributed by atoms with E-state index in [0.717, 1.165) is 30.6 Å². The second-order valence-electron chi connectivity index (χ2n) is 7.24. The lowest BCUT2D eigenvalue weighted by Gasteiger charge is -2.29. The van der Waals surface area contributed by atoms with Crippen LogP contribution in [0.5, 0.6) is 0 Å². The number of aliphatic hydroxyl groups excluding tert-OH is 1. The third-order valence-corrected chi connectivity index (χ3v) is 4.72. The molecule has 1 aromatic heterocycles. The number of nitrogens with one attached hydrogen (secondary N) is 2. The zero-order chi connectivity index (χ0) is 24.2. The molecular formula is C21H20F4N4O4. The van der Waals surface area contributed by atoms with Gasteiger partial charge in [-0.2, -0.15) is 0 Å². The summed E-state index contributed by atoms with van der Waals surface area (Å²) in [7, 11) is 1.32. The molecule has 0 aliphatic carbocycles. The van der Waals surface area contributed by atoms with Crippen LogP contribution < -0.4 is 5.32 Å². The zero-order valence-corrected chi connectivity index (χ0v) is 17.4. The summed E-state index contributed by atoms with van der Waals surface area (Å²) in [5, 5.41) is 20.0. The van der Waals surface area contributed by atoms with Crippen molar-refractivity contribution in [2.45, 2.75) is 24.9 Å². The summed E-state index contributed by atoms with van der Waals surface area (Å²) in [6.07, 6.45) is 0.153. The predicted octanol–water partition coefficient (Wildman–Crippen LogP) is 3.96. The van der Waals surface area contributed by atoms with Crippen LogP contribution in [0.2, 0.25) is 0 Å². The average Bonchev–Trinajstić information content (AvgIpc) is 2.76. The van der Waals surface area contributed by atoms with Gasteiger partial charge in [0.15, 0.2) is 5.76 Å². The summed E-state index contributed by atoms with van der Waals surface area (Å²) in [5.74, 6) is -6.69. The maximum absolute atomic E-state index is 14.5. The molecule has 0 bridgehead atoms. The summed E-state index contributed by atoms with van der Waals surface area (Å²) in [6, 6.07) is 2.59. The Labute approximate surface area is 185 Å². The second kappa shape index (κ2) is 10.0. The van der Waals surface area contributed by atoms with Crippen LogP contribution in [-0.4, -0.2) is 52.9 Å². The van der Waals surface area contributed by atoms with E-state index >= 15 is 0 Å². The Kier molecular flexibility index (Phi) is 7.39. The highest BCUT2D eigenvalue weighted by Crippen LogP contribution is 2.40. The van der Waals surface area contributed by atoms with Crippen molar-refractivity contribution < 1.29 is 36.9 Å². The Balaban J connectivity index is 2.05. The largest absolute Gasteiger partial charge is 0.503 e. The summed E-state index contributed by atoms with van der Waals surface area (Å²) >= 11 is 0. The zero-order valence-electron chi connectivity index (χ0n) is 17.4. The predicted molar refractivity (Wildman–Crippen MR) is 109 cm³/mol. The Morgan fingerprint density at radius 1 is 1.39 bits per heavy atom. The van der Waals surface area contributed by atoms with Gasteiger partial charge >= 0.3 is 0 Å². The van der Waals surface area contributed by atoms with Gasteiger partial charge in [-0.3, -0.25) is 4.79 Å². The number of aliphatic hydroxyl groups is 1. The van der Waals surface area contributed by atoms with E-state index in [1.165, 1.54) is 7.11 Å². The molecule has 1 unspecified atom stereocenters. The van der Waals surface area contributed by atoms with Crippen molar-refractivity contribution in [3.8, 4) is 11.3 Å². The number of benzene rings is 1. The van der Waals surface area contributed by atoms with Crippen molar-refractivity contribution in [2.24, 2.45) is 0 Å². The fourth-order valence-corrected chi connectivity index (χ4v) is 3.19. The molecule has 3 rings (SSSR count). The van der Waals surface area contributed by atoms with Crippen LogP contribution in [-0.2, 0) is 14.3 Å². The van der Waals surface area contributed by atoms with Crippen molar-refractivity contribution in [3.63, 3.8) is 0 Å². The minimum atomic E-state index is -3.03. The highest BCUT2D eigenvalue weighted by atomic mass is 19.3. The molecule has 0 spiro atoms. The van der Waals surface area contributed by atoms with E-state index in [1.54, 1.807) is 0 Å². The molecule has 33 heavy (non-hydrogen) atoms. The molecular weight excluding hydrogens is 448 g/mol. The molecule has 0 saturated carbocycles. The van der Waals surface area contributed by atoms with Crippen LogP contribution in [0.1, 0.15) is 24.6 Å². The van der Waals surface area contributed by atoms with Crippen LogP contribution >= 0.6 is 0 Å². The van der Waals surface area contributed by atoms with Gasteiger partial charge in [0, 0.05) is 25.2 Å². The second-order valence-corrected chi connectivity index (χ2v) is 7.24. The number of anilines is 1. The average molecular weight is 468 g/mol. The number of hydrogen-bond donors (Lipinski definition) is 3. The van der Waals surface area contributed by atoms with E-state index < -0.39 is 48.4 Å². The molecule has 1 aliphatic heterocycles. The van der Waals surface area contributed by atoms with Crippen molar-refractivity contribution in [3.05, 3.63) is 53.7 Å². The number of hydrogen-bond acceptors (Lipinski definition) is 7. The summed E-state index contributed by atoms with van der Waals surface area (Å²) < 4.78 is 65.4. The molecule has 0 radical (unpaired) electrons. The van der Waals surface area contributed by atoms with E-state index in [4.69, 9.17) is 14.9 Å². The molecule has 1 amide bonds. The van der Waals surface area contributed by atoms with Gasteiger partial charge in [-0.15, -0.1) is 0 Å². The number of amides is 1. The first-order valence-corrected chi connectivity index (χ1v) is 9.69. The molecule has 1 aromatic carbocycles. The van der Waals surface area contributed by atoms with E-state index in [2.05, 4.69) is 15.3 Å². The van der Waals surface area contributed by atoms with Gasteiger partial charge in [-0.25, -0.2) is 27.5 Å². The van der Waals surface area contributed by atoms with Gasteiger partial charge in [-0.1, -0.05) is 0 Å². The molecule has 176 valence electrons. The maximum Gasteiger partial charge on any atom is 0.290 e. The first kappa shape index (κ1) is 24.3. The lowest BCUT2D eigenvalue weighted by Crippen LogP contribution is -2.32. The normalized spacial score (nSPS) is 18.1. The third-order valence-electron chi connectivity index (χ3n) is 4.72. The Morgan fingerprint density at radius 3 is 2.82 bits per heavy atom. The molecule has 1 fully saturated rings. The Hall–Kier alpha value is -3.38. The number of carbonyl (C=O) groups excluding carboxylic acids is 1. The minimum Gasteiger partial charge on any atom is -0.503 e. The molecule has 8 nitrogen and oxygen atoms in total. The molecule has 2 aromatic rings. The minimum absolute atomic E-state index is 0.0488. The Bertz CT molecular complexity index is 1080. The number of halogens is 4. The van der Waals surface area contributed by atoms with Crippen molar-refractivity contribution in [1.29, 1.82) is 5.41 Å². The highest BCUT2D eigenvalue weighted by molar-refractivity contribution is 6.08. The summed E-state index contributed by atoms with van der Waals surface area (Å²) in [6.45, 7) is -1.07. The van der Waals surface area contributed by atoms with Gasteiger partial charge in [0.25, 0.3) is 11.8 Å². The van der Waals surface area contributed by atoms with Gasteiger partial charge in [0.2, 0.25) is 0 Å². The topological polar surface area (TPSA) is 117 Å². The number of nitrogens with zero attached hydrogens (tertiary/aromatic N) is 2. The fraction of sp³-hybridized carbons (Fsp3) is 0.333. The van der Waals surface area contributed by atoms with Gasteiger partial charge in [-0.05, 0) is 24.6 Å². The standard InChI is InChI=1S/C21H20F4N4O4/c1-32-8-12(26)7-15(30)20(31)29-19-17(13-6-11(22)2-3-14(13)23)27-10-28-18(19)16-4-5-21(24,25)9-33-16/h2-3,6-7,10,16,26,30H,4-5,8-9H2,1H3,(H,29,31)/b15-7-,26-12?. The molecule has 2 heterocycles. The Morgan fingerprint density at radius 2 is 2.15 bits per heavy atom. The van der Waals surface area contributed by atoms with E-state index in [1.807, 2.05) is 0 Å². The molecule has 1 aliphatic rings. The molecule has 12 heteroatoms. The molecule has 1 saturated heterocycles. The molecule has 1 atom stereocenters. The third kappa shape index (κ3) is 5.90. The van der Waals surface area contributed by atoms with Crippen LogP contribution in [0.25, 0.3) is 11.3 Å². The number of methoxy groups -OCH3 is 1. The van der Waals surface area contributed by atoms with E-state index in [9.17, 15) is 27.5 Å². The van der Waals surface area contributed by atoms with Crippen LogP contribution in [0.4, 0.5) is 23.2 Å². The van der Waals surface area contributed by atoms with Crippen molar-refractivity contribution >= 4 is 17.3 Å². The lowest BCUT2D eigenvalue weighted by atomic mass is 10.00. The maximum atomic E-state index is 14.5. The summed E-state index contributed by atoms with van der Waals surface area (Å²) in [4.78, 5) is 20.5. The number of carbonyl (C=O) groups is 1. The first-order valence-electron chi connectivity index (χ1n) is 9.69. The highest BCUT2D eigenvalue weighted by Gasteiger charge is 2.38. The van der Waals surface area contributed by atoms with Crippen LogP contribution in [0, 0.1) is 17.0 Å². The van der Waals surface area contributed by atoms with Crippen LogP contribution in [0.3, 0.4) is 0 Å². The quantitative estimate of drug-likeness (QED) is 0.245. The van der Waals surface area contributed by atoms with Crippen molar-refractivity contribution in [2.75, 3.05) is 25.6 Å². The number of ether oxygens (including phenoxy) is 2. The van der Waals surface area contributed by atoms with E-state index in [-0.39, 0.29) is 41.4 Å². The fourth-order valence-electron chi connectivity index (χ4n) is 3.19. The first-order chi connectivity index (χ1) is 15.6. The van der Waals surface area contributed by atoms with Gasteiger partial charge in [0.1, 0.15) is 36.4 Å². The van der Waals surface area contributed by atoms with E-state index in [0.29, 0.717) is 0 Å². The van der Waals surface area contributed by atoms with Gasteiger partial charge in [0.05, 0.1) is 23.7 Å². The number of aromatic nitrogens is 2. The number of rotatable bonds is 7.